The quantitative estimate of drug-likeness (QED) is 0.202. The van der Waals surface area contributed by atoms with Gasteiger partial charge in [-0.05, 0) is 55.9 Å². The lowest BCUT2D eigenvalue weighted by Crippen LogP contribution is -1.91. The summed E-state index contributed by atoms with van der Waals surface area (Å²) in [6.07, 6.45) is 0. The molecule has 8 rings (SSSR count). The van der Waals surface area contributed by atoms with Gasteiger partial charge in [0.2, 0.25) is 0 Å². The Morgan fingerprint density at radius 1 is 0.390 bits per heavy atom. The van der Waals surface area contributed by atoms with E-state index in [2.05, 4.69) is 0 Å². The van der Waals surface area contributed by atoms with Crippen molar-refractivity contribution in [2.45, 2.75) is 0 Å². The first-order chi connectivity index (χ1) is 27.8. The van der Waals surface area contributed by atoms with Crippen molar-refractivity contribution in [3.63, 3.8) is 0 Å². The van der Waals surface area contributed by atoms with Gasteiger partial charge in [0, 0.05) is 22.1 Å². The van der Waals surface area contributed by atoms with Crippen molar-refractivity contribution in [3.8, 4) is 44.7 Å². The van der Waals surface area contributed by atoms with Gasteiger partial charge in [0.05, 0.1) is 24.7 Å². The molecule has 0 amide bonds. The van der Waals surface area contributed by atoms with Crippen LogP contribution in [0.25, 0.3) is 77.2 Å². The molecular weight excluding hydrogens is 496 g/mol. The number of fused-ring (bicyclic) bond motifs is 3. The number of hydrogen-bond acceptors (Lipinski definition) is 1. The minimum absolute atomic E-state index is 0.0399. The van der Waals surface area contributed by atoms with Gasteiger partial charge in [0.1, 0.15) is 11.3 Å². The van der Waals surface area contributed by atoms with Gasteiger partial charge in [-0.2, -0.15) is 0 Å². The van der Waals surface area contributed by atoms with Gasteiger partial charge in [-0.1, -0.05) is 145 Å². The van der Waals surface area contributed by atoms with Crippen LogP contribution in [0.2, 0.25) is 0 Å². The van der Waals surface area contributed by atoms with E-state index in [0.717, 1.165) is 0 Å². The highest BCUT2D eigenvalue weighted by Crippen LogP contribution is 2.49. The van der Waals surface area contributed by atoms with Crippen LogP contribution in [-0.2, 0) is 0 Å². The zero-order valence-electron chi connectivity index (χ0n) is 39.0. The predicted molar refractivity (Wildman–Crippen MR) is 173 cm³/mol. The molecule has 0 bridgehead atoms. The molecule has 1 nitrogen and oxygen atoms in total. The first-order valence-corrected chi connectivity index (χ1v) is 12.6. The van der Waals surface area contributed by atoms with Gasteiger partial charge >= 0.3 is 0 Å². The van der Waals surface area contributed by atoms with Crippen LogP contribution in [-0.4, -0.2) is 0 Å². The van der Waals surface area contributed by atoms with E-state index in [1.807, 2.05) is 0 Å². The van der Waals surface area contributed by atoms with Gasteiger partial charge in [0.25, 0.3) is 0 Å². The average Bonchev–Trinajstić information content (AvgIpc) is 3.61. The van der Waals surface area contributed by atoms with E-state index in [0.29, 0.717) is 5.56 Å². The van der Waals surface area contributed by atoms with Gasteiger partial charge in [-0.3, -0.25) is 0 Å². The van der Waals surface area contributed by atoms with Crippen LogP contribution >= 0.6 is 0 Å². The molecule has 0 aliphatic rings. The van der Waals surface area contributed by atoms with Gasteiger partial charge in [-0.15, -0.1) is 0 Å². The normalized spacial score (nSPS) is 17.6. The Hall–Kier alpha value is -5.40. The summed E-state index contributed by atoms with van der Waals surface area (Å²) >= 11 is 0. The first-order valence-electron chi connectivity index (χ1n) is 21.6. The van der Waals surface area contributed by atoms with E-state index in [4.69, 9.17) is 23.6 Å². The van der Waals surface area contributed by atoms with Crippen molar-refractivity contribution in [1.29, 1.82) is 0 Å². The lowest BCUT2D eigenvalue weighted by molar-refractivity contribution is 0.632. The van der Waals surface area contributed by atoms with E-state index in [9.17, 15) is 5.48 Å². The molecule has 1 aromatic heterocycles. The van der Waals surface area contributed by atoms with E-state index in [1.165, 1.54) is 18.2 Å². The van der Waals surface area contributed by atoms with E-state index in [-0.39, 0.29) is 49.8 Å². The molecule has 0 atom stereocenters. The Morgan fingerprint density at radius 3 is 1.54 bits per heavy atom. The molecule has 1 heterocycles. The Balaban J connectivity index is 1.72. The zero-order valence-corrected chi connectivity index (χ0v) is 21.0. The average molecular weight is 541 g/mol. The van der Waals surface area contributed by atoms with Crippen LogP contribution in [0.5, 0.6) is 0 Å². The molecule has 192 valence electrons. The number of furan rings is 1. The first kappa shape index (κ1) is 11.6. The summed E-state index contributed by atoms with van der Waals surface area (Å²) in [5, 5.41) is -1.31. The summed E-state index contributed by atoms with van der Waals surface area (Å²) in [4.78, 5) is 0. The monoisotopic (exact) mass is 540 g/mol. The predicted octanol–water partition coefficient (Wildman–Crippen LogP) is 11.4. The van der Waals surface area contributed by atoms with Gasteiger partial charge in [-0.25, -0.2) is 0 Å². The topological polar surface area (TPSA) is 13.1 Å². The Kier molecular flexibility index (Phi) is 2.73. The SMILES string of the molecule is [2H]c1c([2H])c([2H])c(-c2ccc3oc(-c4ccccc4)c(-c4c5c([2H])c([2H])c([2H])c([2H])c5c(-c5c([2H])c([2H])c([2H])c([2H])c5[2H])c5c([2H])c([2H])c([2H])c([2H])c45)c3c2)c([2H])c1[2H]. The molecule has 1 heteroatoms. The molecule has 0 saturated carbocycles. The minimum atomic E-state index is -0.791. The van der Waals surface area contributed by atoms with Crippen molar-refractivity contribution in [3.05, 3.63) is 157 Å². The molecule has 8 aromatic rings. The van der Waals surface area contributed by atoms with Crippen LogP contribution in [0, 0.1) is 0 Å². The van der Waals surface area contributed by atoms with E-state index < -0.39 is 131 Å². The highest BCUT2D eigenvalue weighted by molar-refractivity contribution is 6.25. The van der Waals surface area contributed by atoms with Crippen LogP contribution in [0.3, 0.4) is 0 Å². The second-order valence-electron chi connectivity index (χ2n) is 9.13. The molecule has 0 saturated heterocycles. The second-order valence-corrected chi connectivity index (χ2v) is 9.13. The Morgan fingerprint density at radius 2 is 0.927 bits per heavy atom. The van der Waals surface area contributed by atoms with Crippen molar-refractivity contribution >= 4 is 32.5 Å². The smallest absolute Gasteiger partial charge is 0.143 e. The highest BCUT2D eigenvalue weighted by Gasteiger charge is 2.24. The summed E-state index contributed by atoms with van der Waals surface area (Å²) in [7, 11) is 0. The molecule has 0 aliphatic carbocycles. The lowest BCUT2D eigenvalue weighted by Gasteiger charge is -2.18. The van der Waals surface area contributed by atoms with Crippen molar-refractivity contribution in [2.75, 3.05) is 0 Å². The van der Waals surface area contributed by atoms with Gasteiger partial charge < -0.3 is 4.42 Å². The summed E-state index contributed by atoms with van der Waals surface area (Å²) < 4.78 is 164. The summed E-state index contributed by atoms with van der Waals surface area (Å²) in [5.74, 6) is 0.0665. The third-order valence-corrected chi connectivity index (χ3v) is 6.89. The Labute approximate surface area is 264 Å². The lowest BCUT2D eigenvalue weighted by atomic mass is 9.84. The third kappa shape index (κ3) is 3.86. The summed E-state index contributed by atoms with van der Waals surface area (Å²) in [5.41, 5.74) is -0.613. The molecule has 0 N–H and O–H groups in total. The van der Waals surface area contributed by atoms with Crippen molar-refractivity contribution < 1.29 is 29.1 Å². The molecule has 7 aromatic carbocycles. The van der Waals surface area contributed by atoms with E-state index >= 15 is 0 Å². The number of hydrogen-bond donors (Lipinski definition) is 0. The van der Waals surface area contributed by atoms with Gasteiger partial charge in [0.15, 0.2) is 0 Å². The second kappa shape index (κ2) is 9.66. The minimum Gasteiger partial charge on any atom is -0.455 e. The summed E-state index contributed by atoms with van der Waals surface area (Å²) in [6, 6.07) is 0.311. The molecule has 41 heavy (non-hydrogen) atoms. The van der Waals surface area contributed by atoms with Crippen molar-refractivity contribution in [1.82, 2.24) is 0 Å². The zero-order chi connectivity index (χ0) is 42.8. The fourth-order valence-electron chi connectivity index (χ4n) is 5.19. The molecule has 0 aliphatic heterocycles. The largest absolute Gasteiger partial charge is 0.455 e. The van der Waals surface area contributed by atoms with Crippen LogP contribution in [0.1, 0.15) is 24.7 Å². The number of rotatable bonds is 4. The van der Waals surface area contributed by atoms with E-state index in [1.54, 1.807) is 30.3 Å². The standard InChI is InChI=1S/C40H26O/c1-4-14-27(15-5-1)30-24-25-36-35(26-30)39(40(41-36)29-18-8-3-9-19-29)38-33-22-12-10-20-31(33)37(28-16-6-2-7-17-28)32-21-11-13-23-34(32)38/h1-26H/i1D,2D,4D,5D,6D,7D,10D,11D,12D,13D,14D,15D,16D,17D,20D,21D,22D,23D. The fourth-order valence-corrected chi connectivity index (χ4v) is 5.19. The third-order valence-electron chi connectivity index (χ3n) is 6.89. The molecule has 0 radical (unpaired) electrons. The fraction of sp³-hybridized carbons (Fsp3) is 0. The van der Waals surface area contributed by atoms with Crippen molar-refractivity contribution in [2.24, 2.45) is 0 Å². The van der Waals surface area contributed by atoms with Crippen LogP contribution < -0.4 is 0 Å². The Bertz CT molecular complexity index is 3050. The highest BCUT2D eigenvalue weighted by atomic mass is 16.3. The number of benzene rings is 7. The molecule has 0 unspecified atom stereocenters. The molecule has 0 fully saturated rings. The maximum atomic E-state index is 9.41. The van der Waals surface area contributed by atoms with Crippen LogP contribution in [0.15, 0.2) is 162 Å². The maximum absolute atomic E-state index is 9.41. The molecular formula is C40H26O. The summed E-state index contributed by atoms with van der Waals surface area (Å²) in [6.45, 7) is 0. The maximum Gasteiger partial charge on any atom is 0.143 e. The molecule has 0 spiro atoms. The van der Waals surface area contributed by atoms with Crippen LogP contribution in [0.4, 0.5) is 0 Å².